The summed E-state index contributed by atoms with van der Waals surface area (Å²) in [5, 5.41) is 8.07. The number of anilines is 1. The first-order chi connectivity index (χ1) is 16.6. The molecule has 2 atom stereocenters. The summed E-state index contributed by atoms with van der Waals surface area (Å²) in [6, 6.07) is 8.24. The molecule has 2 aliphatic rings. The van der Waals surface area contributed by atoms with E-state index in [4.69, 9.17) is 4.74 Å². The summed E-state index contributed by atoms with van der Waals surface area (Å²) in [7, 11) is 0. The van der Waals surface area contributed by atoms with E-state index in [2.05, 4.69) is 16.0 Å². The minimum absolute atomic E-state index is 0.0724. The third-order valence-electron chi connectivity index (χ3n) is 5.95. The van der Waals surface area contributed by atoms with E-state index in [9.17, 15) is 19.2 Å². The van der Waals surface area contributed by atoms with Crippen LogP contribution in [0, 0.1) is 5.92 Å². The van der Waals surface area contributed by atoms with E-state index in [1.54, 1.807) is 29.2 Å². The van der Waals surface area contributed by atoms with Gasteiger partial charge in [-0.05, 0) is 65.1 Å². The van der Waals surface area contributed by atoms with Crippen molar-refractivity contribution < 1.29 is 23.9 Å². The standard InChI is InChI=1S/C25H37N5O5/c1-25(2,3)35-24(34)30-14-7-9-18(15-30)22(32)26-20-12-8-13-29(16-20)17-21(31)28-23(33)27-19-10-5-4-6-11-19/h4-6,10-11,18,20H,7-9,12-17H2,1-3H3,(H,26,32)(H2,27,28,31,33). The maximum atomic E-state index is 12.9. The Morgan fingerprint density at radius 3 is 2.43 bits per heavy atom. The van der Waals surface area contributed by atoms with Gasteiger partial charge in [-0.2, -0.15) is 0 Å². The molecule has 2 unspecified atom stereocenters. The third kappa shape index (κ3) is 8.86. The zero-order chi connectivity index (χ0) is 25.4. The SMILES string of the molecule is CC(C)(C)OC(=O)N1CCCC(C(=O)NC2CCCN(CC(=O)NC(=O)Nc3ccccc3)C2)C1. The molecule has 0 saturated carbocycles. The lowest BCUT2D eigenvalue weighted by Gasteiger charge is -2.36. The first kappa shape index (κ1) is 26.5. The Morgan fingerprint density at radius 1 is 1.00 bits per heavy atom. The Hall–Kier alpha value is -3.14. The van der Waals surface area contributed by atoms with Crippen molar-refractivity contribution in [3.63, 3.8) is 0 Å². The fourth-order valence-corrected chi connectivity index (χ4v) is 4.37. The minimum Gasteiger partial charge on any atom is -0.444 e. The van der Waals surface area contributed by atoms with Gasteiger partial charge in [-0.1, -0.05) is 18.2 Å². The molecule has 2 heterocycles. The summed E-state index contributed by atoms with van der Waals surface area (Å²) < 4.78 is 5.45. The number of nitrogens with zero attached hydrogens (tertiary/aromatic N) is 2. The highest BCUT2D eigenvalue weighted by Gasteiger charge is 2.32. The molecule has 1 aromatic carbocycles. The van der Waals surface area contributed by atoms with Crippen LogP contribution in [-0.2, 0) is 14.3 Å². The molecule has 10 heteroatoms. The van der Waals surface area contributed by atoms with Gasteiger partial charge in [-0.3, -0.25) is 19.8 Å². The molecule has 35 heavy (non-hydrogen) atoms. The predicted octanol–water partition coefficient (Wildman–Crippen LogP) is 2.56. The summed E-state index contributed by atoms with van der Waals surface area (Å²) >= 11 is 0. The molecule has 0 aliphatic carbocycles. The lowest BCUT2D eigenvalue weighted by Crippen LogP contribution is -2.53. The average Bonchev–Trinajstić information content (AvgIpc) is 2.78. The number of urea groups is 1. The van der Waals surface area contributed by atoms with Crippen LogP contribution in [0.15, 0.2) is 30.3 Å². The highest BCUT2D eigenvalue weighted by Crippen LogP contribution is 2.20. The van der Waals surface area contributed by atoms with Crippen molar-refractivity contribution in [3.05, 3.63) is 30.3 Å². The summed E-state index contributed by atoms with van der Waals surface area (Å²) in [6.45, 7) is 7.72. The third-order valence-corrected chi connectivity index (χ3v) is 5.95. The molecule has 2 fully saturated rings. The normalized spacial score (nSPS) is 21.1. The van der Waals surface area contributed by atoms with Crippen LogP contribution in [0.1, 0.15) is 46.5 Å². The number of ether oxygens (including phenoxy) is 1. The number of likely N-dealkylation sites (tertiary alicyclic amines) is 2. The van der Waals surface area contributed by atoms with Crippen LogP contribution in [0.2, 0.25) is 0 Å². The number of carbonyl (C=O) groups is 4. The molecule has 192 valence electrons. The number of carbonyl (C=O) groups excluding carboxylic acids is 4. The molecular weight excluding hydrogens is 450 g/mol. The lowest BCUT2D eigenvalue weighted by atomic mass is 9.96. The molecule has 5 amide bonds. The molecule has 0 radical (unpaired) electrons. The van der Waals surface area contributed by atoms with Gasteiger partial charge in [0, 0.05) is 31.4 Å². The van der Waals surface area contributed by atoms with Gasteiger partial charge in [0.1, 0.15) is 5.60 Å². The van der Waals surface area contributed by atoms with Crippen LogP contribution in [0.5, 0.6) is 0 Å². The zero-order valence-electron chi connectivity index (χ0n) is 20.8. The van der Waals surface area contributed by atoms with Gasteiger partial charge < -0.3 is 20.3 Å². The number of benzene rings is 1. The number of para-hydroxylation sites is 1. The van der Waals surface area contributed by atoms with E-state index >= 15 is 0 Å². The molecule has 2 aliphatic heterocycles. The molecule has 10 nitrogen and oxygen atoms in total. The van der Waals surface area contributed by atoms with Gasteiger partial charge >= 0.3 is 12.1 Å². The van der Waals surface area contributed by atoms with Crippen molar-refractivity contribution in [2.45, 2.75) is 58.1 Å². The highest BCUT2D eigenvalue weighted by molar-refractivity contribution is 6.01. The van der Waals surface area contributed by atoms with Crippen molar-refractivity contribution in [3.8, 4) is 0 Å². The second-order valence-electron chi connectivity index (χ2n) is 10.2. The minimum atomic E-state index is -0.577. The van der Waals surface area contributed by atoms with E-state index in [0.29, 0.717) is 25.3 Å². The van der Waals surface area contributed by atoms with Crippen LogP contribution in [0.25, 0.3) is 0 Å². The van der Waals surface area contributed by atoms with Gasteiger partial charge in [-0.15, -0.1) is 0 Å². The summed E-state index contributed by atoms with van der Waals surface area (Å²) in [5.74, 6) is -0.751. The number of amides is 5. The van der Waals surface area contributed by atoms with E-state index in [1.165, 1.54) is 0 Å². The van der Waals surface area contributed by atoms with Gasteiger partial charge in [0.25, 0.3) is 0 Å². The van der Waals surface area contributed by atoms with Gasteiger partial charge in [0.15, 0.2) is 0 Å². The number of rotatable bonds is 5. The summed E-state index contributed by atoms with van der Waals surface area (Å²) in [4.78, 5) is 53.3. The van der Waals surface area contributed by atoms with E-state index in [-0.39, 0.29) is 30.5 Å². The average molecular weight is 488 g/mol. The van der Waals surface area contributed by atoms with Crippen molar-refractivity contribution >= 4 is 29.6 Å². The second-order valence-corrected chi connectivity index (χ2v) is 10.2. The molecule has 3 N–H and O–H groups in total. The number of imide groups is 1. The number of hydrogen-bond donors (Lipinski definition) is 3. The molecule has 0 spiro atoms. The topological polar surface area (TPSA) is 120 Å². The molecule has 0 aromatic heterocycles. The number of hydrogen-bond acceptors (Lipinski definition) is 6. The van der Waals surface area contributed by atoms with Crippen LogP contribution >= 0.6 is 0 Å². The first-order valence-electron chi connectivity index (χ1n) is 12.3. The monoisotopic (exact) mass is 487 g/mol. The summed E-state index contributed by atoms with van der Waals surface area (Å²) in [5.41, 5.74) is 0.0262. The Balaban J connectivity index is 1.43. The maximum absolute atomic E-state index is 12.9. The fourth-order valence-electron chi connectivity index (χ4n) is 4.37. The van der Waals surface area contributed by atoms with Crippen molar-refractivity contribution in [1.82, 2.24) is 20.4 Å². The quantitative estimate of drug-likeness (QED) is 0.587. The van der Waals surface area contributed by atoms with E-state index in [0.717, 1.165) is 32.2 Å². The number of nitrogens with one attached hydrogen (secondary N) is 3. The Bertz CT molecular complexity index is 901. The highest BCUT2D eigenvalue weighted by atomic mass is 16.6. The Labute approximate surface area is 206 Å². The molecular formula is C25H37N5O5. The van der Waals surface area contributed by atoms with Crippen LogP contribution in [-0.4, -0.2) is 78.1 Å². The van der Waals surface area contributed by atoms with E-state index in [1.807, 2.05) is 31.7 Å². The molecule has 3 rings (SSSR count). The largest absolute Gasteiger partial charge is 0.444 e. The lowest BCUT2D eigenvalue weighted by molar-refractivity contribution is -0.127. The Morgan fingerprint density at radius 2 is 1.71 bits per heavy atom. The summed E-state index contributed by atoms with van der Waals surface area (Å²) in [6.07, 6.45) is 2.74. The molecule has 2 saturated heterocycles. The van der Waals surface area contributed by atoms with Gasteiger partial charge in [0.05, 0.1) is 12.5 Å². The van der Waals surface area contributed by atoms with Crippen molar-refractivity contribution in [2.24, 2.45) is 5.92 Å². The smallest absolute Gasteiger partial charge is 0.410 e. The predicted molar refractivity (Wildman–Crippen MR) is 132 cm³/mol. The zero-order valence-corrected chi connectivity index (χ0v) is 20.8. The van der Waals surface area contributed by atoms with Crippen LogP contribution in [0.3, 0.4) is 0 Å². The Kier molecular flexibility index (Phi) is 9.08. The second kappa shape index (κ2) is 12.0. The van der Waals surface area contributed by atoms with Gasteiger partial charge in [0.2, 0.25) is 11.8 Å². The molecule has 1 aromatic rings. The van der Waals surface area contributed by atoms with Crippen molar-refractivity contribution in [2.75, 3.05) is 38.0 Å². The molecule has 0 bridgehead atoms. The van der Waals surface area contributed by atoms with Crippen molar-refractivity contribution in [1.29, 1.82) is 0 Å². The number of piperidine rings is 2. The van der Waals surface area contributed by atoms with Crippen LogP contribution < -0.4 is 16.0 Å². The van der Waals surface area contributed by atoms with E-state index < -0.39 is 17.5 Å². The first-order valence-corrected chi connectivity index (χ1v) is 12.3. The maximum Gasteiger partial charge on any atom is 0.410 e. The van der Waals surface area contributed by atoms with Crippen LogP contribution in [0.4, 0.5) is 15.3 Å². The van der Waals surface area contributed by atoms with Gasteiger partial charge in [-0.25, -0.2) is 9.59 Å². The fraction of sp³-hybridized carbons (Fsp3) is 0.600.